The van der Waals surface area contributed by atoms with E-state index in [9.17, 15) is 0 Å². The number of rotatable bonds is 7. The topological polar surface area (TPSA) is 21.1 Å². The summed E-state index contributed by atoms with van der Waals surface area (Å²) in [5.41, 5.74) is 4.97. The zero-order chi connectivity index (χ0) is 20.2. The molecule has 1 aromatic heterocycles. The summed E-state index contributed by atoms with van der Waals surface area (Å²) in [6, 6.07) is 19.8. The first kappa shape index (κ1) is 20.2. The number of hydrogen-bond acceptors (Lipinski definition) is 2. The predicted octanol–water partition coefficient (Wildman–Crippen LogP) is 6.65. The Bertz CT molecular complexity index is 948. The summed E-state index contributed by atoms with van der Waals surface area (Å²) in [5, 5.41) is 0.651. The monoisotopic (exact) mass is 407 g/mol. The fraction of sp³-hybridized carbons (Fsp3) is 0.400. The maximum absolute atomic E-state index is 6.74. The molecule has 0 spiro atoms. The van der Waals surface area contributed by atoms with Gasteiger partial charge in [-0.25, -0.2) is 4.98 Å². The van der Waals surface area contributed by atoms with Crippen LogP contribution in [0.1, 0.15) is 55.5 Å². The van der Waals surface area contributed by atoms with E-state index in [1.165, 1.54) is 29.5 Å². The molecule has 4 heteroatoms. The lowest BCUT2D eigenvalue weighted by atomic mass is 10.0. The molecule has 0 radical (unpaired) electrons. The highest BCUT2D eigenvalue weighted by Crippen LogP contribution is 2.35. The highest BCUT2D eigenvalue weighted by Gasteiger charge is 2.28. The molecule has 29 heavy (non-hydrogen) atoms. The highest BCUT2D eigenvalue weighted by atomic mass is 35.5. The first-order valence-corrected chi connectivity index (χ1v) is 11.2. The Labute approximate surface area is 179 Å². The van der Waals surface area contributed by atoms with Gasteiger partial charge in [-0.3, -0.25) is 4.90 Å². The second kappa shape index (κ2) is 9.15. The van der Waals surface area contributed by atoms with Gasteiger partial charge in [0.2, 0.25) is 0 Å². The van der Waals surface area contributed by atoms with E-state index in [2.05, 4.69) is 77.9 Å². The van der Waals surface area contributed by atoms with Gasteiger partial charge >= 0.3 is 0 Å². The number of unbranched alkanes of at least 4 members (excludes halogenated alkanes) is 1. The van der Waals surface area contributed by atoms with Crippen LogP contribution in [0.4, 0.5) is 0 Å². The molecule has 1 saturated heterocycles. The SMILES string of the molecule is CCCCn1c(-c2ccccc2C)nc(Cl)c1CN1CCCC1c1ccccc1. The maximum atomic E-state index is 6.74. The fourth-order valence-corrected chi connectivity index (χ4v) is 4.70. The Morgan fingerprint density at radius 3 is 2.59 bits per heavy atom. The van der Waals surface area contributed by atoms with Crippen LogP contribution in [0.15, 0.2) is 54.6 Å². The van der Waals surface area contributed by atoms with Crippen LogP contribution in [-0.4, -0.2) is 21.0 Å². The standard InChI is InChI=1S/C25H30ClN3/c1-3-4-17-29-23(24(26)27-25(29)21-14-9-8-11-19(21)2)18-28-16-10-15-22(28)20-12-6-5-7-13-20/h5-9,11-14,22H,3-4,10,15-18H2,1-2H3. The van der Waals surface area contributed by atoms with Crippen molar-refractivity contribution in [3.63, 3.8) is 0 Å². The number of benzene rings is 2. The molecule has 152 valence electrons. The molecule has 0 aliphatic carbocycles. The zero-order valence-electron chi connectivity index (χ0n) is 17.4. The van der Waals surface area contributed by atoms with E-state index in [1.807, 2.05) is 0 Å². The molecule has 0 amide bonds. The molecule has 1 fully saturated rings. The number of likely N-dealkylation sites (tertiary alicyclic amines) is 1. The minimum absolute atomic E-state index is 0.462. The molecule has 1 atom stereocenters. The van der Waals surface area contributed by atoms with Gasteiger partial charge in [-0.2, -0.15) is 0 Å². The summed E-state index contributed by atoms with van der Waals surface area (Å²) in [6.07, 6.45) is 4.71. The van der Waals surface area contributed by atoms with Gasteiger partial charge in [0, 0.05) is 24.7 Å². The van der Waals surface area contributed by atoms with Gasteiger partial charge in [0.15, 0.2) is 5.15 Å². The molecule has 0 bridgehead atoms. The van der Waals surface area contributed by atoms with E-state index in [0.29, 0.717) is 11.2 Å². The maximum Gasteiger partial charge on any atom is 0.152 e. The second-order valence-electron chi connectivity index (χ2n) is 8.03. The molecule has 2 aromatic carbocycles. The van der Waals surface area contributed by atoms with E-state index in [0.717, 1.165) is 44.0 Å². The van der Waals surface area contributed by atoms with Gasteiger partial charge in [-0.15, -0.1) is 0 Å². The van der Waals surface area contributed by atoms with Crippen molar-refractivity contribution in [3.05, 3.63) is 76.6 Å². The van der Waals surface area contributed by atoms with Crippen molar-refractivity contribution in [2.75, 3.05) is 6.54 Å². The minimum Gasteiger partial charge on any atom is -0.325 e. The van der Waals surface area contributed by atoms with Crippen molar-refractivity contribution in [1.29, 1.82) is 0 Å². The summed E-state index contributed by atoms with van der Waals surface area (Å²) >= 11 is 6.74. The summed E-state index contributed by atoms with van der Waals surface area (Å²) in [6.45, 7) is 7.29. The van der Waals surface area contributed by atoms with Gasteiger partial charge in [0.05, 0.1) is 5.69 Å². The largest absolute Gasteiger partial charge is 0.325 e. The lowest BCUT2D eigenvalue weighted by Gasteiger charge is -2.25. The van der Waals surface area contributed by atoms with Gasteiger partial charge in [-0.1, -0.05) is 79.5 Å². The lowest BCUT2D eigenvalue weighted by molar-refractivity contribution is 0.242. The van der Waals surface area contributed by atoms with Crippen LogP contribution in [-0.2, 0) is 13.1 Å². The molecule has 3 nitrogen and oxygen atoms in total. The van der Waals surface area contributed by atoms with E-state index in [-0.39, 0.29) is 0 Å². The molecule has 0 N–H and O–H groups in total. The number of aromatic nitrogens is 2. The fourth-order valence-electron chi connectivity index (χ4n) is 4.45. The van der Waals surface area contributed by atoms with Crippen molar-refractivity contribution in [2.24, 2.45) is 0 Å². The van der Waals surface area contributed by atoms with Gasteiger partial charge in [0.25, 0.3) is 0 Å². The summed E-state index contributed by atoms with van der Waals surface area (Å²) < 4.78 is 2.37. The van der Waals surface area contributed by atoms with Crippen LogP contribution >= 0.6 is 11.6 Å². The predicted molar refractivity (Wildman–Crippen MR) is 121 cm³/mol. The average molecular weight is 408 g/mol. The summed E-state index contributed by atoms with van der Waals surface area (Å²) in [4.78, 5) is 7.41. The molecule has 4 rings (SSSR count). The normalized spacial score (nSPS) is 17.1. The molecule has 1 aliphatic rings. The Kier molecular flexibility index (Phi) is 6.37. The highest BCUT2D eigenvalue weighted by molar-refractivity contribution is 6.30. The average Bonchev–Trinajstić information content (AvgIpc) is 3.33. The molecular formula is C25H30ClN3. The van der Waals surface area contributed by atoms with E-state index >= 15 is 0 Å². The molecule has 1 unspecified atom stereocenters. The summed E-state index contributed by atoms with van der Waals surface area (Å²) in [7, 11) is 0. The van der Waals surface area contributed by atoms with Crippen LogP contribution in [0.25, 0.3) is 11.4 Å². The smallest absolute Gasteiger partial charge is 0.152 e. The first-order chi connectivity index (χ1) is 14.2. The minimum atomic E-state index is 0.462. The van der Waals surface area contributed by atoms with Crippen molar-refractivity contribution in [3.8, 4) is 11.4 Å². The van der Waals surface area contributed by atoms with E-state index in [4.69, 9.17) is 16.6 Å². The number of hydrogen-bond donors (Lipinski definition) is 0. The third kappa shape index (κ3) is 4.26. The molecule has 0 saturated carbocycles. The third-order valence-corrected chi connectivity index (χ3v) is 6.35. The van der Waals surface area contributed by atoms with Crippen molar-refractivity contribution in [1.82, 2.24) is 14.5 Å². The molecule has 2 heterocycles. The van der Waals surface area contributed by atoms with Crippen LogP contribution in [0.3, 0.4) is 0 Å². The second-order valence-corrected chi connectivity index (χ2v) is 8.39. The number of nitrogens with zero attached hydrogens (tertiary/aromatic N) is 3. The number of halogens is 1. The van der Waals surface area contributed by atoms with Crippen LogP contribution in [0, 0.1) is 6.92 Å². The zero-order valence-corrected chi connectivity index (χ0v) is 18.2. The van der Waals surface area contributed by atoms with Gasteiger partial charge < -0.3 is 4.57 Å². The Hall–Kier alpha value is -2.10. The van der Waals surface area contributed by atoms with E-state index in [1.54, 1.807) is 0 Å². The Balaban J connectivity index is 1.69. The van der Waals surface area contributed by atoms with Crippen LogP contribution in [0.2, 0.25) is 5.15 Å². The van der Waals surface area contributed by atoms with Gasteiger partial charge in [-0.05, 0) is 43.9 Å². The molecule has 1 aliphatic heterocycles. The van der Waals surface area contributed by atoms with Gasteiger partial charge in [0.1, 0.15) is 5.82 Å². The quantitative estimate of drug-likeness (QED) is 0.437. The third-order valence-electron chi connectivity index (χ3n) is 6.05. The number of imidazole rings is 1. The molecular weight excluding hydrogens is 378 g/mol. The number of aryl methyl sites for hydroxylation is 1. The van der Waals surface area contributed by atoms with Crippen LogP contribution < -0.4 is 0 Å². The first-order valence-electron chi connectivity index (χ1n) is 10.8. The van der Waals surface area contributed by atoms with E-state index < -0.39 is 0 Å². The summed E-state index contributed by atoms with van der Waals surface area (Å²) in [5.74, 6) is 1.01. The molecule has 3 aromatic rings. The van der Waals surface area contributed by atoms with Crippen molar-refractivity contribution in [2.45, 2.75) is 58.7 Å². The Morgan fingerprint density at radius 1 is 1.07 bits per heavy atom. The van der Waals surface area contributed by atoms with Crippen LogP contribution in [0.5, 0.6) is 0 Å². The lowest BCUT2D eigenvalue weighted by Crippen LogP contribution is -2.24. The van der Waals surface area contributed by atoms with Crippen molar-refractivity contribution >= 4 is 11.6 Å². The Morgan fingerprint density at radius 2 is 1.83 bits per heavy atom. The van der Waals surface area contributed by atoms with Crippen molar-refractivity contribution < 1.29 is 0 Å².